The Kier molecular flexibility index (Phi) is 7.16. The summed E-state index contributed by atoms with van der Waals surface area (Å²) in [7, 11) is 1.56. The molecule has 2 rings (SSSR count). The number of aromatic nitrogens is 1. The van der Waals surface area contributed by atoms with Gasteiger partial charge < -0.3 is 14.8 Å². The highest BCUT2D eigenvalue weighted by atomic mass is 16.7. The standard InChI is InChI=1S/C19H19N3O3/c1-24-14-25-18-6-2-4-15(11-18)7-9-22-19(23)17(12-20)10-16-5-3-8-21-13-16/h2-6,8,10-11,13H,7,9,14H2,1H3,(H,22,23)/b17-10+. The molecule has 0 fully saturated rings. The van der Waals surface area contributed by atoms with Crippen LogP contribution >= 0.6 is 0 Å². The number of nitrogens with zero attached hydrogens (tertiary/aromatic N) is 2. The number of hydrogen-bond donors (Lipinski definition) is 1. The molecule has 0 bridgehead atoms. The van der Waals surface area contributed by atoms with E-state index in [0.29, 0.717) is 24.3 Å². The number of methoxy groups -OCH3 is 1. The van der Waals surface area contributed by atoms with Crippen molar-refractivity contribution in [2.45, 2.75) is 6.42 Å². The molecule has 6 heteroatoms. The van der Waals surface area contributed by atoms with Crippen molar-refractivity contribution in [1.82, 2.24) is 10.3 Å². The number of hydrogen-bond acceptors (Lipinski definition) is 5. The van der Waals surface area contributed by atoms with Crippen LogP contribution in [0.3, 0.4) is 0 Å². The van der Waals surface area contributed by atoms with Crippen LogP contribution in [0.1, 0.15) is 11.1 Å². The Morgan fingerprint density at radius 1 is 1.36 bits per heavy atom. The van der Waals surface area contributed by atoms with Crippen LogP contribution in [0, 0.1) is 11.3 Å². The second-order valence-corrected chi connectivity index (χ2v) is 5.16. The van der Waals surface area contributed by atoms with Crippen LogP contribution in [0.2, 0.25) is 0 Å². The van der Waals surface area contributed by atoms with Gasteiger partial charge in [0, 0.05) is 26.0 Å². The molecule has 6 nitrogen and oxygen atoms in total. The Morgan fingerprint density at radius 3 is 2.96 bits per heavy atom. The van der Waals surface area contributed by atoms with Gasteiger partial charge in [-0.3, -0.25) is 9.78 Å². The Morgan fingerprint density at radius 2 is 2.24 bits per heavy atom. The van der Waals surface area contributed by atoms with Crippen LogP contribution in [-0.4, -0.2) is 31.3 Å². The smallest absolute Gasteiger partial charge is 0.261 e. The first-order valence-electron chi connectivity index (χ1n) is 7.73. The molecule has 0 saturated heterocycles. The minimum absolute atomic E-state index is 0.0465. The van der Waals surface area contributed by atoms with Crippen LogP contribution in [-0.2, 0) is 16.0 Å². The maximum Gasteiger partial charge on any atom is 0.261 e. The van der Waals surface area contributed by atoms with Gasteiger partial charge in [-0.1, -0.05) is 18.2 Å². The number of pyridine rings is 1. The van der Waals surface area contributed by atoms with Gasteiger partial charge in [0.25, 0.3) is 5.91 Å². The van der Waals surface area contributed by atoms with E-state index >= 15 is 0 Å². The summed E-state index contributed by atoms with van der Waals surface area (Å²) in [6, 6.07) is 13.0. The van der Waals surface area contributed by atoms with E-state index in [-0.39, 0.29) is 12.4 Å². The average Bonchev–Trinajstić information content (AvgIpc) is 2.65. The molecule has 0 aliphatic rings. The molecule has 0 spiro atoms. The van der Waals surface area contributed by atoms with Crippen molar-refractivity contribution in [3.8, 4) is 11.8 Å². The monoisotopic (exact) mass is 337 g/mol. The molecule has 1 amide bonds. The molecule has 0 unspecified atom stereocenters. The predicted molar refractivity (Wildman–Crippen MR) is 93.5 cm³/mol. The SMILES string of the molecule is COCOc1cccc(CCNC(=O)/C(C#N)=C/c2cccnc2)c1. The zero-order valence-corrected chi connectivity index (χ0v) is 13.9. The third-order valence-electron chi connectivity index (χ3n) is 3.30. The molecule has 0 aliphatic heterocycles. The summed E-state index contributed by atoms with van der Waals surface area (Å²) in [5, 5.41) is 11.9. The lowest BCUT2D eigenvalue weighted by atomic mass is 10.1. The summed E-state index contributed by atoms with van der Waals surface area (Å²) in [6.45, 7) is 0.601. The highest BCUT2D eigenvalue weighted by molar-refractivity contribution is 6.01. The Bertz CT molecular complexity index is 767. The van der Waals surface area contributed by atoms with E-state index in [1.807, 2.05) is 30.3 Å². The zero-order chi connectivity index (χ0) is 17.9. The molecule has 0 radical (unpaired) electrons. The molecule has 1 heterocycles. The summed E-state index contributed by atoms with van der Waals surface area (Å²) in [6.07, 6.45) is 5.37. The molecule has 25 heavy (non-hydrogen) atoms. The van der Waals surface area contributed by atoms with Crippen LogP contribution in [0.15, 0.2) is 54.4 Å². The molecular formula is C19H19N3O3. The molecule has 128 valence electrons. The first-order chi connectivity index (χ1) is 12.2. The molecule has 1 aromatic heterocycles. The maximum absolute atomic E-state index is 12.1. The van der Waals surface area contributed by atoms with E-state index in [4.69, 9.17) is 14.7 Å². The fourth-order valence-electron chi connectivity index (χ4n) is 2.11. The minimum atomic E-state index is -0.404. The lowest BCUT2D eigenvalue weighted by Crippen LogP contribution is -2.26. The number of nitriles is 1. The average molecular weight is 337 g/mol. The molecule has 1 N–H and O–H groups in total. The highest BCUT2D eigenvalue weighted by Gasteiger charge is 2.08. The predicted octanol–water partition coefficient (Wildman–Crippen LogP) is 2.33. The molecule has 1 aromatic carbocycles. The Hall–Kier alpha value is -3.17. The van der Waals surface area contributed by atoms with E-state index in [2.05, 4.69) is 10.3 Å². The Labute approximate surface area is 146 Å². The second kappa shape index (κ2) is 9.85. The maximum atomic E-state index is 12.1. The number of ether oxygens (including phenoxy) is 2. The van der Waals surface area contributed by atoms with Crippen molar-refractivity contribution < 1.29 is 14.3 Å². The molecule has 0 saturated carbocycles. The summed E-state index contributed by atoms with van der Waals surface area (Å²) < 4.78 is 10.2. The number of carbonyl (C=O) groups excluding carboxylic acids is 1. The van der Waals surface area contributed by atoms with Crippen LogP contribution < -0.4 is 10.1 Å². The van der Waals surface area contributed by atoms with Crippen molar-refractivity contribution in [1.29, 1.82) is 5.26 Å². The first-order valence-corrected chi connectivity index (χ1v) is 7.73. The lowest BCUT2D eigenvalue weighted by molar-refractivity contribution is -0.117. The van der Waals surface area contributed by atoms with Gasteiger partial charge in [0.1, 0.15) is 17.4 Å². The second-order valence-electron chi connectivity index (χ2n) is 5.16. The van der Waals surface area contributed by atoms with E-state index in [0.717, 1.165) is 5.56 Å². The van der Waals surface area contributed by atoms with Gasteiger partial charge in [0.05, 0.1) is 0 Å². The van der Waals surface area contributed by atoms with Crippen LogP contribution in [0.5, 0.6) is 5.75 Å². The van der Waals surface area contributed by atoms with Crippen molar-refractivity contribution in [3.05, 3.63) is 65.5 Å². The number of amides is 1. The normalized spacial score (nSPS) is 10.8. The third-order valence-corrected chi connectivity index (χ3v) is 3.30. The number of nitrogens with one attached hydrogen (secondary N) is 1. The van der Waals surface area contributed by atoms with Gasteiger partial charge in [0.2, 0.25) is 0 Å². The van der Waals surface area contributed by atoms with E-state index < -0.39 is 5.91 Å². The first kappa shape index (κ1) is 18.2. The molecule has 0 atom stereocenters. The van der Waals surface area contributed by atoms with Crippen molar-refractivity contribution in [2.24, 2.45) is 0 Å². The lowest BCUT2D eigenvalue weighted by Gasteiger charge is -2.08. The topological polar surface area (TPSA) is 84.2 Å². The quantitative estimate of drug-likeness (QED) is 0.454. The minimum Gasteiger partial charge on any atom is -0.468 e. The van der Waals surface area contributed by atoms with Crippen molar-refractivity contribution in [3.63, 3.8) is 0 Å². The Balaban J connectivity index is 1.89. The van der Waals surface area contributed by atoms with Gasteiger partial charge in [-0.15, -0.1) is 0 Å². The zero-order valence-electron chi connectivity index (χ0n) is 13.9. The van der Waals surface area contributed by atoms with Crippen LogP contribution in [0.25, 0.3) is 6.08 Å². The fraction of sp³-hybridized carbons (Fsp3) is 0.211. The van der Waals surface area contributed by atoms with E-state index in [9.17, 15) is 4.79 Å². The van der Waals surface area contributed by atoms with Crippen molar-refractivity contribution >= 4 is 12.0 Å². The molecular weight excluding hydrogens is 318 g/mol. The molecule has 0 aliphatic carbocycles. The summed E-state index contributed by atoms with van der Waals surface area (Å²) in [4.78, 5) is 16.1. The summed E-state index contributed by atoms with van der Waals surface area (Å²) in [5.41, 5.74) is 1.77. The number of carbonyl (C=O) groups is 1. The van der Waals surface area contributed by atoms with E-state index in [1.165, 1.54) is 6.08 Å². The number of rotatable bonds is 8. The van der Waals surface area contributed by atoms with Gasteiger partial charge in [-0.25, -0.2) is 0 Å². The number of benzene rings is 1. The van der Waals surface area contributed by atoms with Gasteiger partial charge in [-0.2, -0.15) is 5.26 Å². The van der Waals surface area contributed by atoms with Crippen molar-refractivity contribution in [2.75, 3.05) is 20.4 Å². The van der Waals surface area contributed by atoms with E-state index in [1.54, 1.807) is 31.6 Å². The van der Waals surface area contributed by atoms with Crippen LogP contribution in [0.4, 0.5) is 0 Å². The summed E-state index contributed by atoms with van der Waals surface area (Å²) >= 11 is 0. The summed E-state index contributed by atoms with van der Waals surface area (Å²) in [5.74, 6) is 0.304. The largest absolute Gasteiger partial charge is 0.468 e. The third kappa shape index (κ3) is 6.09. The van der Waals surface area contributed by atoms with Gasteiger partial charge >= 0.3 is 0 Å². The van der Waals surface area contributed by atoms with Gasteiger partial charge in [0.15, 0.2) is 6.79 Å². The fourth-order valence-corrected chi connectivity index (χ4v) is 2.11. The molecule has 2 aromatic rings. The van der Waals surface area contributed by atoms with Gasteiger partial charge in [-0.05, 0) is 41.8 Å². The highest BCUT2D eigenvalue weighted by Crippen LogP contribution is 2.13.